The Morgan fingerprint density at radius 2 is 1.95 bits per heavy atom. The number of benzene rings is 1. The monoisotopic (exact) mass is 518 g/mol. The van der Waals surface area contributed by atoms with Crippen molar-refractivity contribution >= 4 is 17.6 Å². The second-order valence-corrected chi connectivity index (χ2v) is 8.60. The van der Waals surface area contributed by atoms with Gasteiger partial charge in [0.05, 0.1) is 19.4 Å². The van der Waals surface area contributed by atoms with Crippen molar-refractivity contribution in [3.05, 3.63) is 102 Å². The van der Waals surface area contributed by atoms with Crippen molar-refractivity contribution in [1.29, 1.82) is 0 Å². The summed E-state index contributed by atoms with van der Waals surface area (Å²) in [5, 5.41) is 15.4. The van der Waals surface area contributed by atoms with Crippen molar-refractivity contribution in [2.75, 3.05) is 7.11 Å². The first-order valence-electron chi connectivity index (χ1n) is 12.6. The second kappa shape index (κ2) is 17.5. The maximum absolute atomic E-state index is 12.6. The summed E-state index contributed by atoms with van der Waals surface area (Å²) in [4.78, 5) is 21.8. The fourth-order valence-corrected chi connectivity index (χ4v) is 3.55. The molecule has 0 aliphatic rings. The molecular formula is C31H42N4O3. The van der Waals surface area contributed by atoms with E-state index in [0.29, 0.717) is 39.8 Å². The van der Waals surface area contributed by atoms with Crippen LogP contribution < -0.4 is 15.4 Å². The zero-order chi connectivity index (χ0) is 28.5. The smallest absolute Gasteiger partial charge is 0.320 e. The van der Waals surface area contributed by atoms with E-state index in [2.05, 4.69) is 46.4 Å². The minimum atomic E-state index is -0.349. The molecule has 204 valence electrons. The molecule has 3 N–H and O–H groups in total. The predicted molar refractivity (Wildman–Crippen MR) is 160 cm³/mol. The van der Waals surface area contributed by atoms with E-state index in [1.54, 1.807) is 38.1 Å². The lowest BCUT2D eigenvalue weighted by Gasteiger charge is -2.15. The van der Waals surface area contributed by atoms with Crippen LogP contribution in [0, 0.1) is 0 Å². The molecule has 0 bridgehead atoms. The molecule has 0 heterocycles. The van der Waals surface area contributed by atoms with Crippen LogP contribution in [0.15, 0.2) is 101 Å². The molecule has 1 unspecified atom stereocenters. The number of carbonyl (C=O) groups excluding carboxylic acids is 1. The van der Waals surface area contributed by atoms with Gasteiger partial charge < -0.3 is 15.2 Å². The number of hydrogen-bond acceptors (Lipinski definition) is 4. The van der Waals surface area contributed by atoms with Gasteiger partial charge in [-0.05, 0) is 70.7 Å². The molecule has 0 aromatic heterocycles. The molecule has 0 saturated carbocycles. The van der Waals surface area contributed by atoms with Crippen molar-refractivity contribution in [1.82, 2.24) is 10.6 Å². The van der Waals surface area contributed by atoms with Gasteiger partial charge in [0, 0.05) is 17.2 Å². The first-order valence-corrected chi connectivity index (χ1v) is 12.6. The Bertz CT molecular complexity index is 1140. The van der Waals surface area contributed by atoms with Gasteiger partial charge in [0.25, 0.3) is 0 Å². The number of allylic oxidation sites excluding steroid dienone is 7. The van der Waals surface area contributed by atoms with Gasteiger partial charge in [-0.25, -0.2) is 14.8 Å². The molecule has 1 aromatic rings. The molecule has 2 amide bonds. The van der Waals surface area contributed by atoms with Crippen molar-refractivity contribution in [2.45, 2.75) is 59.6 Å². The second-order valence-electron chi connectivity index (χ2n) is 8.60. The van der Waals surface area contributed by atoms with Crippen LogP contribution in [0.25, 0.3) is 0 Å². The molecule has 1 aromatic carbocycles. The van der Waals surface area contributed by atoms with Gasteiger partial charge >= 0.3 is 6.03 Å². The third-order valence-corrected chi connectivity index (χ3v) is 5.59. The molecular weight excluding hydrogens is 476 g/mol. The normalized spacial score (nSPS) is 13.7. The maximum Gasteiger partial charge on any atom is 0.320 e. The Balaban J connectivity index is 3.00. The highest BCUT2D eigenvalue weighted by Crippen LogP contribution is 2.25. The number of rotatable bonds is 14. The summed E-state index contributed by atoms with van der Waals surface area (Å²) in [6.07, 6.45) is 13.8. The fraction of sp³-hybridized carbons (Fsp3) is 0.323. The molecule has 7 nitrogen and oxygen atoms in total. The van der Waals surface area contributed by atoms with Crippen LogP contribution in [0.5, 0.6) is 5.75 Å². The summed E-state index contributed by atoms with van der Waals surface area (Å²) in [6.45, 7) is 18.9. The Morgan fingerprint density at radius 1 is 1.21 bits per heavy atom. The van der Waals surface area contributed by atoms with Crippen molar-refractivity contribution in [3.63, 3.8) is 0 Å². The maximum atomic E-state index is 12.6. The van der Waals surface area contributed by atoms with Crippen LogP contribution in [-0.4, -0.2) is 35.8 Å². The number of ether oxygens (including phenoxy) is 1. The fourth-order valence-electron chi connectivity index (χ4n) is 3.55. The summed E-state index contributed by atoms with van der Waals surface area (Å²) in [7, 11) is 1.54. The van der Waals surface area contributed by atoms with E-state index >= 15 is 0 Å². The SMILES string of the molecule is C=C/C=C\C(=C/C)CCCC(C)NC(=O)NC(=C/C)/N=C(/N=C(\C=C)c1cccc(CO)c1OC)C(=C)C. The number of amidine groups is 1. The molecule has 1 rings (SSSR count). The Hall–Kier alpha value is -3.97. The van der Waals surface area contributed by atoms with E-state index in [-0.39, 0.29) is 18.7 Å². The van der Waals surface area contributed by atoms with Crippen LogP contribution in [0.1, 0.15) is 58.1 Å². The minimum Gasteiger partial charge on any atom is -0.496 e. The number of nitrogens with one attached hydrogen (secondary N) is 2. The molecule has 38 heavy (non-hydrogen) atoms. The van der Waals surface area contributed by atoms with Gasteiger partial charge in [-0.1, -0.05) is 61.7 Å². The summed E-state index contributed by atoms with van der Waals surface area (Å²) in [5.74, 6) is 1.16. The molecule has 0 spiro atoms. The molecule has 0 fully saturated rings. The number of carbonyl (C=O) groups is 1. The number of amides is 2. The number of aliphatic imine (C=N–C) groups is 2. The van der Waals surface area contributed by atoms with Gasteiger partial charge in [0.1, 0.15) is 11.6 Å². The van der Waals surface area contributed by atoms with E-state index < -0.39 is 0 Å². The largest absolute Gasteiger partial charge is 0.496 e. The number of methoxy groups -OCH3 is 1. The summed E-state index contributed by atoms with van der Waals surface area (Å²) >= 11 is 0. The Labute approximate surface area is 227 Å². The lowest BCUT2D eigenvalue weighted by molar-refractivity contribution is 0.239. The van der Waals surface area contributed by atoms with E-state index in [9.17, 15) is 9.90 Å². The quantitative estimate of drug-likeness (QED) is 0.148. The number of urea groups is 1. The van der Waals surface area contributed by atoms with Gasteiger partial charge in [-0.3, -0.25) is 5.32 Å². The third kappa shape index (κ3) is 10.6. The first kappa shape index (κ1) is 32.1. The first-order chi connectivity index (χ1) is 18.2. The van der Waals surface area contributed by atoms with Crippen LogP contribution in [0.3, 0.4) is 0 Å². The van der Waals surface area contributed by atoms with Crippen LogP contribution in [0.2, 0.25) is 0 Å². The zero-order valence-corrected chi connectivity index (χ0v) is 23.4. The average Bonchev–Trinajstić information content (AvgIpc) is 2.91. The lowest BCUT2D eigenvalue weighted by atomic mass is 10.0. The van der Waals surface area contributed by atoms with Gasteiger partial charge in [0.2, 0.25) is 0 Å². The number of aliphatic hydroxyl groups is 1. The predicted octanol–water partition coefficient (Wildman–Crippen LogP) is 6.55. The highest BCUT2D eigenvalue weighted by atomic mass is 16.5. The highest BCUT2D eigenvalue weighted by molar-refractivity contribution is 6.17. The van der Waals surface area contributed by atoms with Crippen molar-refractivity contribution in [2.24, 2.45) is 9.98 Å². The Morgan fingerprint density at radius 3 is 2.50 bits per heavy atom. The average molecular weight is 519 g/mol. The van der Waals surface area contributed by atoms with E-state index in [4.69, 9.17) is 4.74 Å². The van der Waals surface area contributed by atoms with Gasteiger partial charge in [-0.15, -0.1) is 0 Å². The van der Waals surface area contributed by atoms with Crippen molar-refractivity contribution < 1.29 is 14.6 Å². The number of aliphatic hydroxyl groups excluding tert-OH is 1. The molecule has 0 aliphatic heterocycles. The van der Waals surface area contributed by atoms with E-state index in [1.165, 1.54) is 12.7 Å². The van der Waals surface area contributed by atoms with E-state index in [1.807, 2.05) is 38.1 Å². The Kier molecular flexibility index (Phi) is 14.7. The van der Waals surface area contributed by atoms with Crippen LogP contribution >= 0.6 is 0 Å². The molecule has 0 saturated heterocycles. The molecule has 0 radical (unpaired) electrons. The molecule has 1 atom stereocenters. The topological polar surface area (TPSA) is 95.3 Å². The van der Waals surface area contributed by atoms with Crippen molar-refractivity contribution in [3.8, 4) is 5.75 Å². The molecule has 0 aliphatic carbocycles. The van der Waals surface area contributed by atoms with Gasteiger partial charge in [0.15, 0.2) is 5.84 Å². The van der Waals surface area contributed by atoms with Crippen LogP contribution in [-0.2, 0) is 6.61 Å². The summed E-state index contributed by atoms with van der Waals surface area (Å²) < 4.78 is 5.51. The number of para-hydroxylation sites is 1. The minimum absolute atomic E-state index is 0.0177. The highest BCUT2D eigenvalue weighted by Gasteiger charge is 2.14. The number of hydrogen-bond donors (Lipinski definition) is 3. The van der Waals surface area contributed by atoms with Gasteiger partial charge in [-0.2, -0.15) is 0 Å². The standard InChI is InChI=1S/C31H42N4O3/c1-9-13-17-24(10-2)18-14-16-23(7)32-31(37)35-28(12-4)34-30(22(5)6)33-27(11-3)26-20-15-19-25(21-36)29(26)38-8/h9-13,15,17,19-20,23,36H,1,3,5,14,16,18,21H2,2,4,6-8H3,(H2,32,35,37)/b17-13-,24-10+,28-12+,33-27+,34-30+. The summed E-state index contributed by atoms with van der Waals surface area (Å²) in [6, 6.07) is 5.04. The summed E-state index contributed by atoms with van der Waals surface area (Å²) in [5.41, 5.74) is 3.62. The zero-order valence-electron chi connectivity index (χ0n) is 23.4. The molecule has 7 heteroatoms. The van der Waals surface area contributed by atoms with E-state index in [0.717, 1.165) is 19.3 Å². The third-order valence-electron chi connectivity index (χ3n) is 5.59. The number of nitrogens with zero attached hydrogens (tertiary/aromatic N) is 2. The lowest BCUT2D eigenvalue weighted by Crippen LogP contribution is -2.40. The van der Waals surface area contributed by atoms with Crippen LogP contribution in [0.4, 0.5) is 4.79 Å².